The Bertz CT molecular complexity index is 484. The average Bonchev–Trinajstić information content (AvgIpc) is 2.60. The minimum Gasteiger partial charge on any atom is -0.288 e. The van der Waals surface area contributed by atoms with Crippen LogP contribution >= 0.6 is 46.4 Å². The van der Waals surface area contributed by atoms with Crippen LogP contribution in [0.3, 0.4) is 0 Å². The molecule has 1 aliphatic heterocycles. The van der Waals surface area contributed by atoms with Crippen LogP contribution in [0.1, 0.15) is 41.0 Å². The number of imide groups is 1. The zero-order chi connectivity index (χ0) is 14.0. The van der Waals surface area contributed by atoms with Crippen molar-refractivity contribution >= 4 is 58.2 Å². The molecule has 0 spiro atoms. The number of amides is 2. The third-order valence-corrected chi connectivity index (χ3v) is 3.75. The van der Waals surface area contributed by atoms with Crippen molar-refractivity contribution in [3.63, 3.8) is 0 Å². The normalized spacial score (nSPS) is 12.8. The van der Waals surface area contributed by atoms with Gasteiger partial charge in [-0.15, -0.1) is 0 Å². The molecule has 18 heavy (non-hydrogen) atoms. The standard InChI is InChI=1S/C8HCl4NO2.C3H8/c9-3-1-2(8(15)13-7(1)14)4(10)6(12)5(3)11;1-3-2/h(H,13,14,15);3H2,1-2H3. The summed E-state index contributed by atoms with van der Waals surface area (Å²) in [6, 6.07) is 0. The van der Waals surface area contributed by atoms with E-state index in [0.717, 1.165) is 0 Å². The van der Waals surface area contributed by atoms with E-state index < -0.39 is 11.8 Å². The molecule has 0 atom stereocenters. The minimum absolute atomic E-state index is 0.0268. The molecule has 2 amide bonds. The fourth-order valence-corrected chi connectivity index (χ4v) is 2.31. The SMILES string of the molecule is CCC.O=C1NC(=O)c2c(Cl)c(Cl)c(Cl)c(Cl)c21. The second-order valence-electron chi connectivity index (χ2n) is 3.50. The van der Waals surface area contributed by atoms with Gasteiger partial charge in [-0.05, 0) is 0 Å². The molecule has 0 aromatic heterocycles. The number of halogens is 4. The molecule has 7 heteroatoms. The number of carbonyl (C=O) groups is 2. The van der Waals surface area contributed by atoms with E-state index in [1.165, 1.54) is 6.42 Å². The van der Waals surface area contributed by atoms with Gasteiger partial charge in [0.15, 0.2) is 0 Å². The lowest BCUT2D eigenvalue weighted by molar-refractivity contribution is 0.0880. The fraction of sp³-hybridized carbons (Fsp3) is 0.273. The van der Waals surface area contributed by atoms with Crippen molar-refractivity contribution in [2.24, 2.45) is 0 Å². The van der Waals surface area contributed by atoms with Gasteiger partial charge in [-0.2, -0.15) is 0 Å². The molecule has 2 rings (SSSR count). The topological polar surface area (TPSA) is 46.2 Å². The largest absolute Gasteiger partial charge is 0.288 e. The quantitative estimate of drug-likeness (QED) is 0.430. The van der Waals surface area contributed by atoms with E-state index in [0.29, 0.717) is 0 Å². The molecule has 0 radical (unpaired) electrons. The van der Waals surface area contributed by atoms with Crippen LogP contribution in [-0.2, 0) is 0 Å². The summed E-state index contributed by atoms with van der Waals surface area (Å²) in [6.45, 7) is 4.25. The predicted octanol–water partition coefficient (Wildman–Crippen LogP) is 4.60. The Kier molecular flexibility index (Phi) is 5.29. The van der Waals surface area contributed by atoms with Crippen molar-refractivity contribution in [3.05, 3.63) is 31.2 Å². The average molecular weight is 329 g/mol. The Morgan fingerprint density at radius 2 is 1.06 bits per heavy atom. The smallest absolute Gasteiger partial charge is 0.260 e. The van der Waals surface area contributed by atoms with Crippen LogP contribution in [0, 0.1) is 0 Å². The lowest BCUT2D eigenvalue weighted by Gasteiger charge is -2.06. The Morgan fingerprint density at radius 1 is 0.778 bits per heavy atom. The van der Waals surface area contributed by atoms with E-state index in [1.807, 2.05) is 0 Å². The third-order valence-electron chi connectivity index (χ3n) is 1.95. The van der Waals surface area contributed by atoms with Gasteiger partial charge in [0, 0.05) is 0 Å². The maximum absolute atomic E-state index is 11.3. The molecule has 0 fully saturated rings. The molecular weight excluding hydrogens is 320 g/mol. The second-order valence-corrected chi connectivity index (χ2v) is 5.01. The molecule has 0 saturated carbocycles. The Morgan fingerprint density at radius 3 is 1.33 bits per heavy atom. The van der Waals surface area contributed by atoms with Gasteiger partial charge < -0.3 is 0 Å². The molecule has 1 N–H and O–H groups in total. The first-order valence-corrected chi connectivity index (χ1v) is 6.59. The van der Waals surface area contributed by atoms with Gasteiger partial charge in [0.25, 0.3) is 11.8 Å². The van der Waals surface area contributed by atoms with Crippen molar-refractivity contribution in [3.8, 4) is 0 Å². The molecule has 0 bridgehead atoms. The minimum atomic E-state index is -0.625. The highest BCUT2D eigenvalue weighted by atomic mass is 35.5. The molecule has 0 saturated heterocycles. The van der Waals surface area contributed by atoms with Crippen LogP contribution in [-0.4, -0.2) is 11.8 Å². The molecule has 1 aromatic rings. The van der Waals surface area contributed by atoms with E-state index in [4.69, 9.17) is 46.4 Å². The fourth-order valence-electron chi connectivity index (χ4n) is 1.29. The zero-order valence-corrected chi connectivity index (χ0v) is 12.6. The van der Waals surface area contributed by atoms with Crippen molar-refractivity contribution in [2.75, 3.05) is 0 Å². The van der Waals surface area contributed by atoms with E-state index in [1.54, 1.807) is 0 Å². The lowest BCUT2D eigenvalue weighted by Crippen LogP contribution is -2.20. The Balaban J connectivity index is 0.000000492. The number of nitrogens with one attached hydrogen (secondary N) is 1. The van der Waals surface area contributed by atoms with E-state index in [2.05, 4.69) is 19.2 Å². The van der Waals surface area contributed by atoms with E-state index >= 15 is 0 Å². The predicted molar refractivity (Wildman–Crippen MR) is 74.2 cm³/mol. The van der Waals surface area contributed by atoms with Crippen molar-refractivity contribution < 1.29 is 9.59 Å². The first-order chi connectivity index (χ1) is 8.36. The summed E-state index contributed by atoms with van der Waals surface area (Å²) in [7, 11) is 0. The lowest BCUT2D eigenvalue weighted by atomic mass is 10.1. The first-order valence-electron chi connectivity index (χ1n) is 5.08. The molecule has 1 aliphatic rings. The van der Waals surface area contributed by atoms with Gasteiger partial charge in [0.2, 0.25) is 0 Å². The molecule has 1 heterocycles. The number of carbonyl (C=O) groups excluding carboxylic acids is 2. The van der Waals surface area contributed by atoms with Crippen molar-refractivity contribution in [1.29, 1.82) is 0 Å². The van der Waals surface area contributed by atoms with Crippen molar-refractivity contribution in [2.45, 2.75) is 20.3 Å². The van der Waals surface area contributed by atoms with Crippen molar-refractivity contribution in [1.82, 2.24) is 5.32 Å². The van der Waals surface area contributed by atoms with E-state index in [9.17, 15) is 9.59 Å². The highest BCUT2D eigenvalue weighted by Crippen LogP contribution is 2.42. The third kappa shape index (κ3) is 2.59. The van der Waals surface area contributed by atoms with Gasteiger partial charge in [0.05, 0.1) is 31.2 Å². The number of benzene rings is 1. The van der Waals surface area contributed by atoms with Crippen LogP contribution in [0.5, 0.6) is 0 Å². The Hall–Kier alpha value is -0.480. The molecule has 0 aliphatic carbocycles. The van der Waals surface area contributed by atoms with Gasteiger partial charge in [-0.1, -0.05) is 66.7 Å². The second kappa shape index (κ2) is 6.11. The molecule has 1 aromatic carbocycles. The van der Waals surface area contributed by atoms with Crippen LogP contribution < -0.4 is 5.32 Å². The highest BCUT2D eigenvalue weighted by Gasteiger charge is 2.35. The summed E-state index contributed by atoms with van der Waals surface area (Å²) < 4.78 is 0. The van der Waals surface area contributed by atoms with Gasteiger partial charge in [0.1, 0.15) is 0 Å². The first kappa shape index (κ1) is 15.6. The van der Waals surface area contributed by atoms with Crippen LogP contribution in [0.15, 0.2) is 0 Å². The number of fused-ring (bicyclic) bond motifs is 1. The summed E-state index contributed by atoms with van der Waals surface area (Å²) in [5.74, 6) is -1.25. The molecular formula is C11H9Cl4NO2. The number of hydrogen-bond acceptors (Lipinski definition) is 2. The number of rotatable bonds is 0. The van der Waals surface area contributed by atoms with E-state index in [-0.39, 0.29) is 31.2 Å². The van der Waals surface area contributed by atoms with Crippen LogP contribution in [0.2, 0.25) is 20.1 Å². The highest BCUT2D eigenvalue weighted by molar-refractivity contribution is 6.55. The zero-order valence-electron chi connectivity index (χ0n) is 9.54. The molecule has 3 nitrogen and oxygen atoms in total. The van der Waals surface area contributed by atoms with Gasteiger partial charge in [-0.3, -0.25) is 14.9 Å². The molecule has 0 unspecified atom stereocenters. The summed E-state index contributed by atoms with van der Waals surface area (Å²) in [5.41, 5.74) is -0.0536. The maximum atomic E-state index is 11.3. The Labute approximate surface area is 124 Å². The van der Waals surface area contributed by atoms with Crippen LogP contribution in [0.4, 0.5) is 0 Å². The maximum Gasteiger partial charge on any atom is 0.260 e. The van der Waals surface area contributed by atoms with Gasteiger partial charge >= 0.3 is 0 Å². The number of hydrogen-bond donors (Lipinski definition) is 1. The summed E-state index contributed by atoms with van der Waals surface area (Å²) in [5, 5.41) is 1.85. The summed E-state index contributed by atoms with van der Waals surface area (Å²) in [4.78, 5) is 22.7. The monoisotopic (exact) mass is 327 g/mol. The van der Waals surface area contributed by atoms with Gasteiger partial charge in [-0.25, -0.2) is 0 Å². The molecule has 98 valence electrons. The van der Waals surface area contributed by atoms with Crippen LogP contribution in [0.25, 0.3) is 0 Å². The summed E-state index contributed by atoms with van der Waals surface area (Å²) in [6.07, 6.45) is 1.25. The summed E-state index contributed by atoms with van der Waals surface area (Å²) >= 11 is 23.1.